The average molecular weight is 390 g/mol. The van der Waals surface area contributed by atoms with Crippen molar-refractivity contribution in [2.45, 2.75) is 14.9 Å². The first-order valence-electron chi connectivity index (χ1n) is 7.32. The van der Waals surface area contributed by atoms with E-state index in [2.05, 4.69) is 15.2 Å². The topological polar surface area (TPSA) is 87.9 Å². The molecule has 0 unspecified atom stereocenters. The number of hydrogen-bond acceptors (Lipinski definition) is 6. The second-order valence-corrected chi connectivity index (χ2v) is 7.67. The van der Waals surface area contributed by atoms with Crippen molar-refractivity contribution < 1.29 is 4.79 Å². The molecule has 0 spiro atoms. The predicted octanol–water partition coefficient (Wildman–Crippen LogP) is 3.96. The van der Waals surface area contributed by atoms with Gasteiger partial charge in [0, 0.05) is 14.8 Å². The molecule has 0 saturated carbocycles. The Labute approximate surface area is 157 Å². The van der Waals surface area contributed by atoms with E-state index in [0.29, 0.717) is 10.2 Å². The lowest BCUT2D eigenvalue weighted by atomic mass is 10.2. The number of carbonyl (C=O) groups is 1. The van der Waals surface area contributed by atoms with Crippen molar-refractivity contribution in [1.82, 2.24) is 15.2 Å². The zero-order valence-corrected chi connectivity index (χ0v) is 15.2. The zero-order valence-electron chi connectivity index (χ0n) is 12.8. The fourth-order valence-electron chi connectivity index (χ4n) is 2.51. The number of halogens is 1. The summed E-state index contributed by atoms with van der Waals surface area (Å²) in [7, 11) is 0. The molecule has 0 aliphatic carbocycles. The smallest absolute Gasteiger partial charge is 0.242 e. The summed E-state index contributed by atoms with van der Waals surface area (Å²) in [4.78, 5) is 20.7. The minimum absolute atomic E-state index is 0.0790. The van der Waals surface area contributed by atoms with Gasteiger partial charge in [0.25, 0.3) is 0 Å². The molecule has 25 heavy (non-hydrogen) atoms. The third-order valence-corrected chi connectivity index (χ3v) is 5.74. The summed E-state index contributed by atoms with van der Waals surface area (Å²) in [6.45, 7) is 0. The summed E-state index contributed by atoms with van der Waals surface area (Å²) in [5, 5.41) is 7.53. The third-order valence-electron chi connectivity index (χ3n) is 3.54. The van der Waals surface area contributed by atoms with E-state index in [1.807, 2.05) is 42.5 Å². The Bertz CT molecular complexity index is 961. The molecule has 126 valence electrons. The largest absolute Gasteiger partial charge is 0.368 e. The van der Waals surface area contributed by atoms with Gasteiger partial charge in [-0.05, 0) is 30.3 Å². The summed E-state index contributed by atoms with van der Waals surface area (Å²) in [6.07, 6.45) is 0. The number of aromatic nitrogens is 3. The molecule has 0 radical (unpaired) electrons. The number of fused-ring (bicyclic) bond motifs is 2. The van der Waals surface area contributed by atoms with Gasteiger partial charge >= 0.3 is 0 Å². The number of carbonyl (C=O) groups excluding carboxylic acids is 1. The van der Waals surface area contributed by atoms with Crippen LogP contribution in [0.3, 0.4) is 0 Å². The maximum atomic E-state index is 13.0. The van der Waals surface area contributed by atoms with Crippen molar-refractivity contribution >= 4 is 58.4 Å². The Hall–Kier alpha value is -2.16. The molecule has 1 aliphatic heterocycles. The third kappa shape index (κ3) is 3.20. The molecule has 3 aromatic rings. The van der Waals surface area contributed by atoms with Gasteiger partial charge < -0.3 is 5.73 Å². The molecule has 4 rings (SSSR count). The highest BCUT2D eigenvalue weighted by Crippen LogP contribution is 2.48. The maximum Gasteiger partial charge on any atom is 0.242 e. The number of anilines is 3. The number of nitrogens with two attached hydrogens (primary N) is 1. The van der Waals surface area contributed by atoms with Crippen LogP contribution in [0.2, 0.25) is 5.02 Å². The van der Waals surface area contributed by atoms with Gasteiger partial charge in [-0.15, -0.1) is 5.10 Å². The molecule has 1 aliphatic rings. The molecular formula is C16H12ClN5OS2. The van der Waals surface area contributed by atoms with Crippen molar-refractivity contribution in [3.8, 4) is 0 Å². The quantitative estimate of drug-likeness (QED) is 0.659. The van der Waals surface area contributed by atoms with Crippen LogP contribution >= 0.6 is 35.1 Å². The van der Waals surface area contributed by atoms with Gasteiger partial charge in [-0.3, -0.25) is 9.69 Å². The molecule has 0 saturated heterocycles. The van der Waals surface area contributed by atoms with E-state index in [1.165, 1.54) is 11.8 Å². The van der Waals surface area contributed by atoms with Crippen LogP contribution in [-0.4, -0.2) is 26.8 Å². The van der Waals surface area contributed by atoms with Gasteiger partial charge in [-0.2, -0.15) is 4.98 Å². The van der Waals surface area contributed by atoms with Gasteiger partial charge in [0.1, 0.15) is 0 Å². The highest BCUT2D eigenvalue weighted by Gasteiger charge is 2.28. The summed E-state index contributed by atoms with van der Waals surface area (Å²) < 4.78 is 0. The molecule has 2 aromatic carbocycles. The van der Waals surface area contributed by atoms with Crippen LogP contribution < -0.4 is 10.6 Å². The molecule has 2 heterocycles. The van der Waals surface area contributed by atoms with Gasteiger partial charge in [0.15, 0.2) is 0 Å². The standard InChI is InChI=1S/C16H12ClN5OS2/c17-9-5-6-13-11(7-9)22(10-3-1-2-4-12(10)25-13)14(23)8-24-16-19-15(18)20-21-16/h1-7H,8H2,(H3,18,19,20,21). The number of thioether (sulfide) groups is 1. The second kappa shape index (κ2) is 6.62. The van der Waals surface area contributed by atoms with E-state index in [1.54, 1.807) is 16.7 Å². The van der Waals surface area contributed by atoms with Crippen molar-refractivity contribution in [1.29, 1.82) is 0 Å². The SMILES string of the molecule is Nc1nc(SCC(=O)N2c3ccccc3Sc3ccc(Cl)cc32)n[nH]1. The molecular weight excluding hydrogens is 378 g/mol. The van der Waals surface area contributed by atoms with E-state index < -0.39 is 0 Å². The normalized spacial score (nSPS) is 12.6. The van der Waals surface area contributed by atoms with Crippen molar-refractivity contribution in [2.24, 2.45) is 0 Å². The van der Waals surface area contributed by atoms with Crippen molar-refractivity contribution in [3.05, 3.63) is 47.5 Å². The second-order valence-electron chi connectivity index (χ2n) is 5.20. The molecule has 3 N–H and O–H groups in total. The highest BCUT2D eigenvalue weighted by molar-refractivity contribution is 8.00. The lowest BCUT2D eigenvalue weighted by Gasteiger charge is -2.31. The maximum absolute atomic E-state index is 13.0. The average Bonchev–Trinajstić information content (AvgIpc) is 3.03. The minimum Gasteiger partial charge on any atom is -0.368 e. The number of nitrogens with zero attached hydrogens (tertiary/aromatic N) is 3. The number of benzene rings is 2. The summed E-state index contributed by atoms with van der Waals surface area (Å²) >= 11 is 9.02. The number of para-hydroxylation sites is 1. The molecule has 0 atom stereocenters. The Morgan fingerprint density at radius 2 is 2.04 bits per heavy atom. The van der Waals surface area contributed by atoms with E-state index in [4.69, 9.17) is 17.3 Å². The van der Waals surface area contributed by atoms with Crippen LogP contribution in [0, 0.1) is 0 Å². The van der Waals surface area contributed by atoms with Crippen LogP contribution in [0.1, 0.15) is 0 Å². The van der Waals surface area contributed by atoms with E-state index in [-0.39, 0.29) is 17.6 Å². The predicted molar refractivity (Wildman–Crippen MR) is 101 cm³/mol. The lowest BCUT2D eigenvalue weighted by Crippen LogP contribution is -2.30. The fourth-order valence-corrected chi connectivity index (χ4v) is 4.37. The van der Waals surface area contributed by atoms with E-state index in [0.717, 1.165) is 21.2 Å². The Balaban J connectivity index is 1.67. The monoisotopic (exact) mass is 389 g/mol. The summed E-state index contributed by atoms with van der Waals surface area (Å²) in [5.74, 6) is 0.332. The van der Waals surface area contributed by atoms with E-state index >= 15 is 0 Å². The van der Waals surface area contributed by atoms with Gasteiger partial charge in [-0.1, -0.05) is 47.3 Å². The first-order valence-corrected chi connectivity index (χ1v) is 9.50. The molecule has 6 nitrogen and oxygen atoms in total. The Kier molecular flexibility index (Phi) is 4.32. The number of amides is 1. The molecule has 1 amide bonds. The number of nitrogens with one attached hydrogen (secondary N) is 1. The fraction of sp³-hybridized carbons (Fsp3) is 0.0625. The summed E-state index contributed by atoms with van der Waals surface area (Å²) in [6, 6.07) is 13.4. The van der Waals surface area contributed by atoms with Crippen molar-refractivity contribution in [2.75, 3.05) is 16.4 Å². The van der Waals surface area contributed by atoms with Crippen LogP contribution in [0.4, 0.5) is 17.3 Å². The van der Waals surface area contributed by atoms with Crippen LogP contribution in [0.15, 0.2) is 57.4 Å². The number of hydrogen-bond donors (Lipinski definition) is 2. The van der Waals surface area contributed by atoms with Crippen LogP contribution in [0.25, 0.3) is 0 Å². The minimum atomic E-state index is -0.0790. The Morgan fingerprint density at radius 3 is 2.84 bits per heavy atom. The molecule has 9 heteroatoms. The number of H-pyrrole nitrogens is 1. The number of rotatable bonds is 3. The lowest BCUT2D eigenvalue weighted by molar-refractivity contribution is -0.115. The van der Waals surface area contributed by atoms with Crippen LogP contribution in [-0.2, 0) is 4.79 Å². The van der Waals surface area contributed by atoms with Gasteiger partial charge in [0.05, 0.1) is 17.1 Å². The number of nitrogen functional groups attached to an aromatic ring is 1. The van der Waals surface area contributed by atoms with Crippen molar-refractivity contribution in [3.63, 3.8) is 0 Å². The molecule has 0 bridgehead atoms. The number of aromatic amines is 1. The van der Waals surface area contributed by atoms with Gasteiger partial charge in [-0.25, -0.2) is 5.10 Å². The van der Waals surface area contributed by atoms with Gasteiger partial charge in [0.2, 0.25) is 17.0 Å². The van der Waals surface area contributed by atoms with Crippen LogP contribution in [0.5, 0.6) is 0 Å². The first-order chi connectivity index (χ1) is 12.1. The molecule has 0 fully saturated rings. The first kappa shape index (κ1) is 16.3. The molecule has 1 aromatic heterocycles. The summed E-state index contributed by atoms with van der Waals surface area (Å²) in [5.41, 5.74) is 7.15. The van der Waals surface area contributed by atoms with E-state index in [9.17, 15) is 4.79 Å². The zero-order chi connectivity index (χ0) is 17.4. The highest BCUT2D eigenvalue weighted by atomic mass is 35.5. The Morgan fingerprint density at radius 1 is 1.24 bits per heavy atom.